The highest BCUT2D eigenvalue weighted by molar-refractivity contribution is 7.99. The van der Waals surface area contributed by atoms with E-state index in [2.05, 4.69) is 10.5 Å². The van der Waals surface area contributed by atoms with Crippen LogP contribution in [0.3, 0.4) is 0 Å². The van der Waals surface area contributed by atoms with Gasteiger partial charge < -0.3 is 14.9 Å². The highest BCUT2D eigenvalue weighted by atomic mass is 32.2. The van der Waals surface area contributed by atoms with Crippen LogP contribution < -0.4 is 5.32 Å². The van der Waals surface area contributed by atoms with E-state index in [9.17, 15) is 9.90 Å². The van der Waals surface area contributed by atoms with Gasteiger partial charge in [0, 0.05) is 17.9 Å². The van der Waals surface area contributed by atoms with Crippen molar-refractivity contribution in [1.29, 1.82) is 0 Å². The first-order valence-electron chi connectivity index (χ1n) is 7.26. The van der Waals surface area contributed by atoms with E-state index in [1.54, 1.807) is 6.92 Å². The molecule has 0 fully saturated rings. The number of aryl methyl sites for hydroxylation is 2. The predicted molar refractivity (Wildman–Crippen MR) is 85.2 cm³/mol. The number of carbonyl (C=O) groups is 1. The fourth-order valence-corrected chi connectivity index (χ4v) is 2.90. The summed E-state index contributed by atoms with van der Waals surface area (Å²) in [6.07, 6.45) is 0.879. The maximum Gasteiger partial charge on any atom is 0.230 e. The van der Waals surface area contributed by atoms with Crippen LogP contribution in [0.2, 0.25) is 0 Å². The van der Waals surface area contributed by atoms with Gasteiger partial charge in [-0.05, 0) is 26.7 Å². The predicted octanol–water partition coefficient (Wildman–Crippen LogP) is 2.44. The van der Waals surface area contributed by atoms with Gasteiger partial charge in [-0.3, -0.25) is 4.79 Å². The van der Waals surface area contributed by atoms with Gasteiger partial charge in [-0.15, -0.1) is 11.8 Å². The van der Waals surface area contributed by atoms with Crippen LogP contribution in [0.5, 0.6) is 0 Å². The Kier molecular flexibility index (Phi) is 6.74. The maximum absolute atomic E-state index is 11.8. The van der Waals surface area contributed by atoms with Gasteiger partial charge >= 0.3 is 0 Å². The average molecular weight is 314 g/mol. The lowest BCUT2D eigenvalue weighted by Gasteiger charge is -2.29. The van der Waals surface area contributed by atoms with Gasteiger partial charge in [-0.1, -0.05) is 25.4 Å². The van der Waals surface area contributed by atoms with E-state index in [4.69, 9.17) is 4.52 Å². The van der Waals surface area contributed by atoms with Crippen LogP contribution in [-0.2, 0) is 10.5 Å². The van der Waals surface area contributed by atoms with Crippen molar-refractivity contribution in [2.75, 3.05) is 12.3 Å². The number of amides is 1. The number of carbonyl (C=O) groups excluding carboxylic acids is 1. The molecule has 21 heavy (non-hydrogen) atoms. The van der Waals surface area contributed by atoms with Crippen LogP contribution in [0.4, 0.5) is 0 Å². The van der Waals surface area contributed by atoms with Gasteiger partial charge in [0.25, 0.3) is 0 Å². The van der Waals surface area contributed by atoms with Gasteiger partial charge in [0.15, 0.2) is 0 Å². The number of rotatable bonds is 8. The Labute approximate surface area is 130 Å². The third kappa shape index (κ3) is 5.36. The summed E-state index contributed by atoms with van der Waals surface area (Å²) in [5.74, 6) is 1.96. The Morgan fingerprint density at radius 2 is 2.19 bits per heavy atom. The van der Waals surface area contributed by atoms with Gasteiger partial charge in [-0.25, -0.2) is 0 Å². The van der Waals surface area contributed by atoms with E-state index in [0.717, 1.165) is 23.4 Å². The molecule has 2 unspecified atom stereocenters. The standard InChI is InChI=1S/C15H26N2O3S/c1-6-10(2)15(5,19)9-16-14(18)8-21-7-13-11(3)17-20-12(13)4/h10,19H,6-9H2,1-5H3,(H,16,18). The molecule has 5 nitrogen and oxygen atoms in total. The number of hydrogen-bond donors (Lipinski definition) is 2. The van der Waals surface area contributed by atoms with Crippen molar-refractivity contribution >= 4 is 17.7 Å². The second kappa shape index (κ2) is 7.84. The van der Waals surface area contributed by atoms with Crippen LogP contribution in [0, 0.1) is 19.8 Å². The second-order valence-electron chi connectivity index (χ2n) is 5.74. The summed E-state index contributed by atoms with van der Waals surface area (Å²) < 4.78 is 5.09. The molecule has 1 heterocycles. The lowest BCUT2D eigenvalue weighted by atomic mass is 9.89. The molecule has 0 aliphatic carbocycles. The number of nitrogens with one attached hydrogen (secondary N) is 1. The summed E-state index contributed by atoms with van der Waals surface area (Å²) in [4.78, 5) is 11.8. The monoisotopic (exact) mass is 314 g/mol. The summed E-state index contributed by atoms with van der Waals surface area (Å²) in [5, 5.41) is 16.9. The summed E-state index contributed by atoms with van der Waals surface area (Å²) in [6.45, 7) is 9.83. The second-order valence-corrected chi connectivity index (χ2v) is 6.72. The molecule has 1 aromatic rings. The molecule has 0 aliphatic rings. The van der Waals surface area contributed by atoms with Gasteiger partial charge in [-0.2, -0.15) is 0 Å². The average Bonchev–Trinajstić information content (AvgIpc) is 2.76. The summed E-state index contributed by atoms with van der Waals surface area (Å²) >= 11 is 1.52. The first-order valence-corrected chi connectivity index (χ1v) is 8.42. The molecule has 6 heteroatoms. The topological polar surface area (TPSA) is 75.4 Å². The molecule has 0 saturated heterocycles. The van der Waals surface area contributed by atoms with E-state index in [1.807, 2.05) is 27.7 Å². The molecule has 2 N–H and O–H groups in total. The van der Waals surface area contributed by atoms with Crippen LogP contribution in [0.1, 0.15) is 44.2 Å². The lowest BCUT2D eigenvalue weighted by molar-refractivity contribution is -0.120. The molecule has 2 atom stereocenters. The zero-order valence-electron chi connectivity index (χ0n) is 13.5. The molecule has 1 rings (SSSR count). The van der Waals surface area contributed by atoms with Crippen molar-refractivity contribution in [2.45, 2.75) is 52.4 Å². The summed E-state index contributed by atoms with van der Waals surface area (Å²) in [6, 6.07) is 0. The lowest BCUT2D eigenvalue weighted by Crippen LogP contribution is -2.45. The number of thioether (sulfide) groups is 1. The van der Waals surface area contributed by atoms with E-state index < -0.39 is 5.60 Å². The van der Waals surface area contributed by atoms with Gasteiger partial charge in [0.1, 0.15) is 5.76 Å². The van der Waals surface area contributed by atoms with Crippen LogP contribution in [0.15, 0.2) is 4.52 Å². The van der Waals surface area contributed by atoms with Gasteiger partial charge in [0.2, 0.25) is 5.91 Å². The van der Waals surface area contributed by atoms with Crippen LogP contribution in [-0.4, -0.2) is 34.1 Å². The minimum atomic E-state index is -0.864. The first kappa shape index (κ1) is 18.0. The normalized spacial score (nSPS) is 15.5. The number of hydrogen-bond acceptors (Lipinski definition) is 5. The Balaban J connectivity index is 2.32. The SMILES string of the molecule is CCC(C)C(C)(O)CNC(=O)CSCc1c(C)noc1C. The fourth-order valence-electron chi connectivity index (χ4n) is 1.90. The first-order chi connectivity index (χ1) is 9.77. The maximum atomic E-state index is 11.8. The quantitative estimate of drug-likeness (QED) is 0.771. The minimum Gasteiger partial charge on any atom is -0.388 e. The van der Waals surface area contributed by atoms with E-state index >= 15 is 0 Å². The molecular weight excluding hydrogens is 288 g/mol. The van der Waals surface area contributed by atoms with Gasteiger partial charge in [0.05, 0.1) is 17.0 Å². The summed E-state index contributed by atoms with van der Waals surface area (Å²) in [5.41, 5.74) is 1.07. The van der Waals surface area contributed by atoms with Crippen molar-refractivity contribution in [1.82, 2.24) is 10.5 Å². The molecule has 0 aromatic carbocycles. The zero-order chi connectivity index (χ0) is 16.0. The Morgan fingerprint density at radius 3 is 2.71 bits per heavy atom. The minimum absolute atomic E-state index is 0.0599. The third-order valence-electron chi connectivity index (χ3n) is 3.98. The van der Waals surface area contributed by atoms with Crippen molar-refractivity contribution < 1.29 is 14.4 Å². The molecule has 1 amide bonds. The van der Waals surface area contributed by atoms with Crippen molar-refractivity contribution in [3.8, 4) is 0 Å². The molecule has 1 aromatic heterocycles. The smallest absolute Gasteiger partial charge is 0.230 e. The van der Waals surface area contributed by atoms with E-state index in [1.165, 1.54) is 11.8 Å². The molecule has 0 radical (unpaired) electrons. The van der Waals surface area contributed by atoms with Crippen molar-refractivity contribution in [3.63, 3.8) is 0 Å². The molecule has 0 spiro atoms. The number of aromatic nitrogens is 1. The highest BCUT2D eigenvalue weighted by Crippen LogP contribution is 2.20. The van der Waals surface area contributed by atoms with Crippen LogP contribution >= 0.6 is 11.8 Å². The van der Waals surface area contributed by atoms with Crippen molar-refractivity contribution in [3.05, 3.63) is 17.0 Å². The highest BCUT2D eigenvalue weighted by Gasteiger charge is 2.27. The molecule has 0 bridgehead atoms. The molecule has 0 aliphatic heterocycles. The largest absolute Gasteiger partial charge is 0.388 e. The molecular formula is C15H26N2O3S. The Morgan fingerprint density at radius 1 is 1.52 bits per heavy atom. The van der Waals surface area contributed by atoms with Crippen LogP contribution in [0.25, 0.3) is 0 Å². The third-order valence-corrected chi connectivity index (χ3v) is 4.94. The fraction of sp³-hybridized carbons (Fsp3) is 0.733. The Hall–Kier alpha value is -1.01. The number of aliphatic hydroxyl groups is 1. The van der Waals surface area contributed by atoms with E-state index in [0.29, 0.717) is 11.5 Å². The number of nitrogens with zero attached hydrogens (tertiary/aromatic N) is 1. The molecule has 120 valence electrons. The van der Waals surface area contributed by atoms with E-state index in [-0.39, 0.29) is 18.4 Å². The molecule has 0 saturated carbocycles. The zero-order valence-corrected chi connectivity index (χ0v) is 14.3. The van der Waals surface area contributed by atoms with Crippen molar-refractivity contribution in [2.24, 2.45) is 5.92 Å². The summed E-state index contributed by atoms with van der Waals surface area (Å²) in [7, 11) is 0. The Bertz CT molecular complexity index is 452.